The van der Waals surface area contributed by atoms with E-state index in [1.165, 1.54) is 19.3 Å². The number of hydrogen-bond donors (Lipinski definition) is 1. The van der Waals surface area contributed by atoms with Gasteiger partial charge in [0.2, 0.25) is 0 Å². The average Bonchev–Trinajstić information content (AvgIpc) is 3.25. The first-order chi connectivity index (χ1) is 10.9. The van der Waals surface area contributed by atoms with E-state index in [0.29, 0.717) is 6.04 Å². The predicted molar refractivity (Wildman–Crippen MR) is 82.2 cm³/mol. The molecule has 4 rings (SSSR count). The Morgan fingerprint density at radius 1 is 1.23 bits per heavy atom. The van der Waals surface area contributed by atoms with Crippen molar-refractivity contribution in [3.05, 3.63) is 35.8 Å². The van der Waals surface area contributed by atoms with E-state index in [1.54, 1.807) is 6.26 Å². The van der Waals surface area contributed by atoms with Crippen LogP contribution in [-0.2, 0) is 26.1 Å². The standard InChI is InChI=1S/C16H23N5O/c1-4-15-18-19-16(21(15)7-1)11-17-13-5-8-20(9-6-13)12-14-3-2-10-22-14/h2-3,10,13,17H,1,4-9,11-12H2. The largest absolute Gasteiger partial charge is 0.468 e. The summed E-state index contributed by atoms with van der Waals surface area (Å²) in [6, 6.07) is 4.60. The molecule has 0 atom stereocenters. The van der Waals surface area contributed by atoms with Crippen LogP contribution in [0.3, 0.4) is 0 Å². The van der Waals surface area contributed by atoms with Crippen LogP contribution in [0, 0.1) is 0 Å². The number of aromatic nitrogens is 3. The quantitative estimate of drug-likeness (QED) is 0.908. The number of likely N-dealkylation sites (tertiary alicyclic amines) is 1. The van der Waals surface area contributed by atoms with E-state index in [2.05, 4.69) is 31.0 Å². The van der Waals surface area contributed by atoms with Crippen molar-refractivity contribution < 1.29 is 4.42 Å². The number of rotatable bonds is 5. The third-order valence-electron chi connectivity index (χ3n) is 4.78. The molecule has 1 fully saturated rings. The zero-order valence-corrected chi connectivity index (χ0v) is 12.9. The van der Waals surface area contributed by atoms with Crippen LogP contribution in [0.5, 0.6) is 0 Å². The number of nitrogens with zero attached hydrogens (tertiary/aromatic N) is 4. The van der Waals surface area contributed by atoms with Gasteiger partial charge in [0.15, 0.2) is 0 Å². The molecular formula is C16H23N5O. The molecule has 0 bridgehead atoms. The molecule has 1 saturated heterocycles. The van der Waals surface area contributed by atoms with Crippen molar-refractivity contribution in [2.45, 2.75) is 51.4 Å². The first-order valence-electron chi connectivity index (χ1n) is 8.27. The minimum Gasteiger partial charge on any atom is -0.468 e. The highest BCUT2D eigenvalue weighted by molar-refractivity contribution is 5.01. The lowest BCUT2D eigenvalue weighted by Crippen LogP contribution is -2.42. The van der Waals surface area contributed by atoms with Crippen molar-refractivity contribution in [1.29, 1.82) is 0 Å². The number of hydrogen-bond acceptors (Lipinski definition) is 5. The molecule has 2 aliphatic rings. The van der Waals surface area contributed by atoms with Crippen LogP contribution in [0.25, 0.3) is 0 Å². The highest BCUT2D eigenvalue weighted by atomic mass is 16.3. The number of piperidine rings is 1. The molecule has 4 heterocycles. The zero-order chi connectivity index (χ0) is 14.8. The maximum absolute atomic E-state index is 5.43. The lowest BCUT2D eigenvalue weighted by Gasteiger charge is -2.31. The lowest BCUT2D eigenvalue weighted by molar-refractivity contribution is 0.178. The van der Waals surface area contributed by atoms with Gasteiger partial charge < -0.3 is 14.3 Å². The number of furan rings is 1. The molecule has 0 aromatic carbocycles. The first-order valence-corrected chi connectivity index (χ1v) is 8.27. The summed E-state index contributed by atoms with van der Waals surface area (Å²) in [7, 11) is 0. The number of aryl methyl sites for hydroxylation is 1. The van der Waals surface area contributed by atoms with Crippen molar-refractivity contribution in [3.63, 3.8) is 0 Å². The molecular weight excluding hydrogens is 278 g/mol. The Bertz CT molecular complexity index is 598. The van der Waals surface area contributed by atoms with Gasteiger partial charge >= 0.3 is 0 Å². The maximum Gasteiger partial charge on any atom is 0.147 e. The second kappa shape index (κ2) is 6.22. The summed E-state index contributed by atoms with van der Waals surface area (Å²) in [4.78, 5) is 2.46. The summed E-state index contributed by atoms with van der Waals surface area (Å²) in [5, 5.41) is 12.2. The molecule has 22 heavy (non-hydrogen) atoms. The van der Waals surface area contributed by atoms with Gasteiger partial charge in [0.1, 0.15) is 17.4 Å². The fourth-order valence-corrected chi connectivity index (χ4v) is 3.50. The summed E-state index contributed by atoms with van der Waals surface area (Å²) in [5.74, 6) is 3.32. The Morgan fingerprint density at radius 3 is 2.95 bits per heavy atom. The van der Waals surface area contributed by atoms with Crippen LogP contribution in [0.15, 0.2) is 22.8 Å². The Labute approximate surface area is 130 Å². The van der Waals surface area contributed by atoms with E-state index in [4.69, 9.17) is 4.42 Å². The van der Waals surface area contributed by atoms with Crippen molar-refractivity contribution in [2.24, 2.45) is 0 Å². The van der Waals surface area contributed by atoms with Gasteiger partial charge in [-0.2, -0.15) is 0 Å². The number of fused-ring (bicyclic) bond motifs is 1. The topological polar surface area (TPSA) is 59.1 Å². The molecule has 2 aromatic heterocycles. The van der Waals surface area contributed by atoms with E-state index in [-0.39, 0.29) is 0 Å². The van der Waals surface area contributed by atoms with Crippen LogP contribution in [-0.4, -0.2) is 38.8 Å². The van der Waals surface area contributed by atoms with Crippen molar-refractivity contribution in [2.75, 3.05) is 13.1 Å². The normalized spacial score (nSPS) is 19.6. The van der Waals surface area contributed by atoms with Crippen LogP contribution in [0.4, 0.5) is 0 Å². The van der Waals surface area contributed by atoms with Crippen LogP contribution >= 0.6 is 0 Å². The van der Waals surface area contributed by atoms with Crippen molar-refractivity contribution >= 4 is 0 Å². The fraction of sp³-hybridized carbons (Fsp3) is 0.625. The van der Waals surface area contributed by atoms with E-state index >= 15 is 0 Å². The molecule has 0 saturated carbocycles. The minimum absolute atomic E-state index is 0.585. The lowest BCUT2D eigenvalue weighted by atomic mass is 10.0. The highest BCUT2D eigenvalue weighted by Crippen LogP contribution is 2.16. The summed E-state index contributed by atoms with van der Waals surface area (Å²) < 4.78 is 7.70. The van der Waals surface area contributed by atoms with E-state index in [9.17, 15) is 0 Å². The first kappa shape index (κ1) is 14.0. The third-order valence-corrected chi connectivity index (χ3v) is 4.78. The van der Waals surface area contributed by atoms with Crippen molar-refractivity contribution in [1.82, 2.24) is 25.0 Å². The predicted octanol–water partition coefficient (Wildman–Crippen LogP) is 1.57. The van der Waals surface area contributed by atoms with Gasteiger partial charge in [-0.25, -0.2) is 0 Å². The molecule has 0 spiro atoms. The Balaban J connectivity index is 1.24. The molecule has 2 aliphatic heterocycles. The molecule has 0 unspecified atom stereocenters. The minimum atomic E-state index is 0.585. The number of nitrogens with one attached hydrogen (secondary N) is 1. The van der Waals surface area contributed by atoms with Crippen molar-refractivity contribution in [3.8, 4) is 0 Å². The van der Waals surface area contributed by atoms with Crippen LogP contribution < -0.4 is 5.32 Å². The highest BCUT2D eigenvalue weighted by Gasteiger charge is 2.21. The molecule has 1 N–H and O–H groups in total. The molecule has 6 heteroatoms. The van der Waals surface area contributed by atoms with Gasteiger partial charge in [0, 0.05) is 32.1 Å². The van der Waals surface area contributed by atoms with Crippen LogP contribution in [0.2, 0.25) is 0 Å². The second-order valence-corrected chi connectivity index (χ2v) is 6.30. The van der Waals surface area contributed by atoms with E-state index in [1.807, 2.05) is 6.07 Å². The molecule has 0 amide bonds. The molecule has 0 aliphatic carbocycles. The van der Waals surface area contributed by atoms with E-state index in [0.717, 1.165) is 56.6 Å². The summed E-state index contributed by atoms with van der Waals surface area (Å²) in [6.07, 6.45) is 6.41. The molecule has 0 radical (unpaired) electrons. The Hall–Kier alpha value is -1.66. The average molecular weight is 301 g/mol. The summed E-state index contributed by atoms with van der Waals surface area (Å²) >= 11 is 0. The SMILES string of the molecule is c1coc(CN2CCC(NCc3nnc4n3CCC4)CC2)c1. The summed E-state index contributed by atoms with van der Waals surface area (Å²) in [5.41, 5.74) is 0. The van der Waals surface area contributed by atoms with Gasteiger partial charge in [0.25, 0.3) is 0 Å². The van der Waals surface area contributed by atoms with Gasteiger partial charge in [0.05, 0.1) is 19.4 Å². The summed E-state index contributed by atoms with van der Waals surface area (Å²) in [6.45, 7) is 5.10. The zero-order valence-electron chi connectivity index (χ0n) is 12.9. The second-order valence-electron chi connectivity index (χ2n) is 6.30. The molecule has 118 valence electrons. The maximum atomic E-state index is 5.43. The molecule has 6 nitrogen and oxygen atoms in total. The smallest absolute Gasteiger partial charge is 0.147 e. The monoisotopic (exact) mass is 301 g/mol. The van der Waals surface area contributed by atoms with E-state index < -0.39 is 0 Å². The van der Waals surface area contributed by atoms with Gasteiger partial charge in [-0.3, -0.25) is 4.90 Å². The molecule has 2 aromatic rings. The van der Waals surface area contributed by atoms with Gasteiger partial charge in [-0.15, -0.1) is 10.2 Å². The van der Waals surface area contributed by atoms with Gasteiger partial charge in [-0.1, -0.05) is 0 Å². The third kappa shape index (κ3) is 2.94. The van der Waals surface area contributed by atoms with Gasteiger partial charge in [-0.05, 0) is 31.4 Å². The van der Waals surface area contributed by atoms with Crippen LogP contribution in [0.1, 0.15) is 36.7 Å². The Kier molecular flexibility index (Phi) is 3.95. The Morgan fingerprint density at radius 2 is 2.14 bits per heavy atom. The fourth-order valence-electron chi connectivity index (χ4n) is 3.50.